The van der Waals surface area contributed by atoms with Crippen LogP contribution in [0.4, 0.5) is 0 Å². The zero-order valence-corrected chi connectivity index (χ0v) is 15.6. The van der Waals surface area contributed by atoms with Crippen LogP contribution in [0.3, 0.4) is 0 Å². The molecular formula is C21H20N2O2S. The highest BCUT2D eigenvalue weighted by Crippen LogP contribution is 2.30. The number of fused-ring (bicyclic) bond motifs is 2. The number of pyridine rings is 1. The van der Waals surface area contributed by atoms with Crippen molar-refractivity contribution >= 4 is 26.5 Å². The number of benzene rings is 2. The van der Waals surface area contributed by atoms with E-state index in [1.807, 2.05) is 30.3 Å². The maximum atomic E-state index is 12.4. The molecule has 0 atom stereocenters. The summed E-state index contributed by atoms with van der Waals surface area (Å²) in [7, 11) is -3.65. The summed E-state index contributed by atoms with van der Waals surface area (Å²) in [6.07, 6.45) is 1.88. The number of hydrogen-bond donors (Lipinski definition) is 0. The molecule has 0 spiro atoms. The molecule has 0 saturated carbocycles. The molecule has 26 heavy (non-hydrogen) atoms. The fourth-order valence-corrected chi connectivity index (χ4v) is 4.52. The van der Waals surface area contributed by atoms with Crippen molar-refractivity contribution in [2.45, 2.75) is 31.6 Å². The van der Waals surface area contributed by atoms with E-state index in [0.717, 1.165) is 29.3 Å². The predicted molar refractivity (Wildman–Crippen MR) is 104 cm³/mol. The summed E-state index contributed by atoms with van der Waals surface area (Å²) in [5.74, 6) is 0.573. The van der Waals surface area contributed by atoms with Crippen LogP contribution in [0.25, 0.3) is 10.8 Å². The molecule has 1 aromatic heterocycles. The third-order valence-corrected chi connectivity index (χ3v) is 5.99. The minimum atomic E-state index is -3.65. The zero-order chi connectivity index (χ0) is 18.3. The van der Waals surface area contributed by atoms with Crippen molar-refractivity contribution < 1.29 is 8.42 Å². The summed E-state index contributed by atoms with van der Waals surface area (Å²) < 4.78 is 28.8. The summed E-state index contributed by atoms with van der Waals surface area (Å²) in [6.45, 7) is 4.38. The topological polar surface area (TPSA) is 59.4 Å². The molecule has 5 heteroatoms. The van der Waals surface area contributed by atoms with Gasteiger partial charge in [0.25, 0.3) is 10.0 Å². The molecule has 132 valence electrons. The van der Waals surface area contributed by atoms with Crippen LogP contribution in [0, 0.1) is 5.92 Å². The quantitative estimate of drug-likeness (QED) is 0.691. The van der Waals surface area contributed by atoms with E-state index in [9.17, 15) is 8.42 Å². The van der Waals surface area contributed by atoms with Gasteiger partial charge < -0.3 is 0 Å². The first-order chi connectivity index (χ1) is 12.5. The van der Waals surface area contributed by atoms with E-state index in [1.54, 1.807) is 18.2 Å². The van der Waals surface area contributed by atoms with E-state index < -0.39 is 10.0 Å². The largest absolute Gasteiger partial charge is 0.283 e. The number of nitrogens with zero attached hydrogens (tertiary/aromatic N) is 2. The molecule has 0 unspecified atom stereocenters. The number of hydrogen-bond acceptors (Lipinski definition) is 3. The lowest BCUT2D eigenvalue weighted by atomic mass is 9.99. The van der Waals surface area contributed by atoms with Crippen LogP contribution in [0.15, 0.2) is 63.9 Å². The predicted octanol–water partition coefficient (Wildman–Crippen LogP) is 4.36. The average Bonchev–Trinajstić information content (AvgIpc) is 2.91. The summed E-state index contributed by atoms with van der Waals surface area (Å²) in [4.78, 5) is 5.08. The first-order valence-electron chi connectivity index (χ1n) is 8.79. The molecule has 0 saturated heterocycles. The van der Waals surface area contributed by atoms with Gasteiger partial charge in [0.2, 0.25) is 0 Å². The number of rotatable bonds is 4. The smallest absolute Gasteiger partial charge is 0.250 e. The molecule has 1 aliphatic heterocycles. The molecule has 3 aromatic rings. The van der Waals surface area contributed by atoms with E-state index in [2.05, 4.69) is 24.3 Å². The number of aryl methyl sites for hydroxylation is 1. The Morgan fingerprint density at radius 3 is 2.54 bits per heavy atom. The van der Waals surface area contributed by atoms with Gasteiger partial charge in [0.1, 0.15) is 5.71 Å². The van der Waals surface area contributed by atoms with Crippen LogP contribution >= 0.6 is 0 Å². The van der Waals surface area contributed by atoms with Crippen molar-refractivity contribution in [3.05, 3.63) is 71.5 Å². The van der Waals surface area contributed by atoms with E-state index in [4.69, 9.17) is 4.98 Å². The fraction of sp³-hybridized carbons (Fsp3) is 0.238. The molecule has 0 aliphatic carbocycles. The second kappa shape index (κ2) is 6.32. The molecule has 0 N–H and O–H groups in total. The highest BCUT2D eigenvalue weighted by Gasteiger charge is 2.30. The van der Waals surface area contributed by atoms with Gasteiger partial charge >= 0.3 is 0 Å². The Hall–Kier alpha value is -2.53. The first kappa shape index (κ1) is 16.9. The Morgan fingerprint density at radius 2 is 1.73 bits per heavy atom. The molecule has 4 nitrogen and oxygen atoms in total. The Balaban J connectivity index is 1.90. The first-order valence-corrected chi connectivity index (χ1v) is 10.2. The van der Waals surface area contributed by atoms with Gasteiger partial charge in [-0.2, -0.15) is 12.8 Å². The Morgan fingerprint density at radius 1 is 1.00 bits per heavy atom. The maximum Gasteiger partial charge on any atom is 0.283 e. The maximum absolute atomic E-state index is 12.4. The summed E-state index contributed by atoms with van der Waals surface area (Å²) in [5.41, 5.74) is 2.69. The van der Waals surface area contributed by atoms with Crippen molar-refractivity contribution in [1.29, 1.82) is 0 Å². The Kier molecular flexibility index (Phi) is 4.11. The second-order valence-corrected chi connectivity index (χ2v) is 8.59. The lowest BCUT2D eigenvalue weighted by molar-refractivity contribution is 0.583. The van der Waals surface area contributed by atoms with Crippen LogP contribution in [0.1, 0.15) is 37.2 Å². The highest BCUT2D eigenvalue weighted by atomic mass is 32.2. The van der Waals surface area contributed by atoms with Gasteiger partial charge in [0.15, 0.2) is 0 Å². The molecule has 2 heterocycles. The third-order valence-electron chi connectivity index (χ3n) is 4.65. The normalized spacial score (nSPS) is 15.3. The van der Waals surface area contributed by atoms with E-state index in [1.165, 1.54) is 0 Å². The van der Waals surface area contributed by atoms with E-state index >= 15 is 0 Å². The van der Waals surface area contributed by atoms with Gasteiger partial charge in [-0.3, -0.25) is 4.98 Å². The van der Waals surface area contributed by atoms with Crippen molar-refractivity contribution in [3.63, 3.8) is 0 Å². The van der Waals surface area contributed by atoms with E-state index in [0.29, 0.717) is 22.9 Å². The minimum absolute atomic E-state index is 0.258. The minimum Gasteiger partial charge on any atom is -0.250 e. The highest BCUT2D eigenvalue weighted by molar-refractivity contribution is 7.90. The van der Waals surface area contributed by atoms with Crippen molar-refractivity contribution in [2.75, 3.05) is 0 Å². The number of sulfonamides is 1. The van der Waals surface area contributed by atoms with Gasteiger partial charge in [0, 0.05) is 16.6 Å². The molecule has 1 aliphatic rings. The molecule has 4 rings (SSSR count). The lowest BCUT2D eigenvalue weighted by Gasteiger charge is -2.11. The average molecular weight is 364 g/mol. The summed E-state index contributed by atoms with van der Waals surface area (Å²) in [6, 6.07) is 17.0. The summed E-state index contributed by atoms with van der Waals surface area (Å²) in [5, 5.41) is 2.17. The lowest BCUT2D eigenvalue weighted by Crippen LogP contribution is -2.07. The number of aromatic nitrogens is 1. The van der Waals surface area contributed by atoms with Crippen LogP contribution in [-0.4, -0.2) is 19.1 Å². The molecular weight excluding hydrogens is 344 g/mol. The Labute approximate surface area is 153 Å². The van der Waals surface area contributed by atoms with Crippen LogP contribution in [0.5, 0.6) is 0 Å². The van der Waals surface area contributed by atoms with Crippen LogP contribution < -0.4 is 0 Å². The second-order valence-electron chi connectivity index (χ2n) is 7.02. The van der Waals surface area contributed by atoms with Crippen LogP contribution in [-0.2, 0) is 16.4 Å². The third kappa shape index (κ3) is 2.92. The molecule has 0 radical (unpaired) electrons. The molecule has 0 bridgehead atoms. The monoisotopic (exact) mass is 364 g/mol. The molecule has 0 amide bonds. The Bertz CT molecular complexity index is 1130. The van der Waals surface area contributed by atoms with Gasteiger partial charge in [-0.1, -0.05) is 56.3 Å². The molecule has 2 aromatic carbocycles. The van der Waals surface area contributed by atoms with Gasteiger partial charge in [-0.05, 0) is 36.3 Å². The van der Waals surface area contributed by atoms with Gasteiger partial charge in [0.05, 0.1) is 10.6 Å². The van der Waals surface area contributed by atoms with Crippen molar-refractivity contribution in [1.82, 2.24) is 4.98 Å². The van der Waals surface area contributed by atoms with Crippen molar-refractivity contribution in [2.24, 2.45) is 10.3 Å². The SMILES string of the molecule is CC(C)CCc1nc(C2=NS(=O)(=O)c3ccccc32)cc2ccccc12. The van der Waals surface area contributed by atoms with Crippen molar-refractivity contribution in [3.8, 4) is 0 Å². The van der Waals surface area contributed by atoms with E-state index in [-0.39, 0.29) is 4.90 Å². The summed E-state index contributed by atoms with van der Waals surface area (Å²) >= 11 is 0. The van der Waals surface area contributed by atoms with Crippen LogP contribution in [0.2, 0.25) is 0 Å². The molecule has 0 fully saturated rings. The standard InChI is InChI=1S/C21H20N2O2S/c1-14(2)11-12-18-16-8-4-3-7-15(16)13-19(22-18)21-17-9-5-6-10-20(17)26(24,25)23-21/h3-10,13-14H,11-12H2,1-2H3. The van der Waals surface area contributed by atoms with Gasteiger partial charge in [-0.15, -0.1) is 0 Å². The zero-order valence-electron chi connectivity index (χ0n) is 14.8. The fourth-order valence-electron chi connectivity index (χ4n) is 3.30. The van der Waals surface area contributed by atoms with Gasteiger partial charge in [-0.25, -0.2) is 0 Å².